The lowest BCUT2D eigenvalue weighted by Gasteiger charge is -2.15. The molecule has 1 atom stereocenters. The zero-order chi connectivity index (χ0) is 14.4. The molecule has 2 aromatic rings. The van der Waals surface area contributed by atoms with Gasteiger partial charge in [0.05, 0.1) is 7.05 Å². The van der Waals surface area contributed by atoms with E-state index < -0.39 is 0 Å². The molecule has 0 aliphatic rings. The maximum atomic E-state index is 5.89. The molecular formula is C13H18ClN5S. The van der Waals surface area contributed by atoms with Gasteiger partial charge in [-0.3, -0.25) is 0 Å². The summed E-state index contributed by atoms with van der Waals surface area (Å²) in [6.07, 6.45) is 0.780. The first-order valence-electron chi connectivity index (χ1n) is 6.52. The van der Waals surface area contributed by atoms with E-state index in [1.807, 2.05) is 24.3 Å². The van der Waals surface area contributed by atoms with E-state index >= 15 is 0 Å². The third kappa shape index (κ3) is 4.77. The predicted octanol–water partition coefficient (Wildman–Crippen LogP) is 2.18. The van der Waals surface area contributed by atoms with Gasteiger partial charge in [0.25, 0.3) is 0 Å². The fourth-order valence-electron chi connectivity index (χ4n) is 1.83. The average molecular weight is 312 g/mol. The minimum Gasteiger partial charge on any atom is -0.313 e. The second-order valence-corrected chi connectivity index (χ2v) is 5.95. The summed E-state index contributed by atoms with van der Waals surface area (Å²) < 4.78 is 0. The summed E-state index contributed by atoms with van der Waals surface area (Å²) in [5.74, 6) is 1.73. The van der Waals surface area contributed by atoms with Gasteiger partial charge in [-0.2, -0.15) is 4.80 Å². The Balaban J connectivity index is 1.90. The van der Waals surface area contributed by atoms with E-state index in [0.717, 1.165) is 29.6 Å². The molecule has 0 aliphatic heterocycles. The summed E-state index contributed by atoms with van der Waals surface area (Å²) in [7, 11) is 1.78. The fourth-order valence-corrected chi connectivity index (χ4v) is 2.92. The Bertz CT molecular complexity index is 528. The first kappa shape index (κ1) is 15.3. The highest BCUT2D eigenvalue weighted by Crippen LogP contribution is 2.21. The highest BCUT2D eigenvalue weighted by atomic mass is 35.5. The molecule has 0 saturated heterocycles. The Labute approximate surface area is 128 Å². The molecule has 1 heterocycles. The van der Waals surface area contributed by atoms with E-state index in [0.29, 0.717) is 6.04 Å². The van der Waals surface area contributed by atoms with Crippen molar-refractivity contribution in [2.45, 2.75) is 24.3 Å². The smallest absolute Gasteiger partial charge is 0.176 e. The van der Waals surface area contributed by atoms with Crippen molar-refractivity contribution in [2.24, 2.45) is 7.05 Å². The average Bonchev–Trinajstić information content (AvgIpc) is 2.83. The first-order chi connectivity index (χ1) is 9.67. The number of aromatic nitrogens is 4. The highest BCUT2D eigenvalue weighted by molar-refractivity contribution is 7.99. The number of rotatable bonds is 7. The van der Waals surface area contributed by atoms with Gasteiger partial charge in [0, 0.05) is 28.1 Å². The number of nitrogens with one attached hydrogen (secondary N) is 1. The van der Waals surface area contributed by atoms with Crippen molar-refractivity contribution >= 4 is 23.4 Å². The largest absolute Gasteiger partial charge is 0.313 e. The third-order valence-corrected chi connectivity index (χ3v) is 4.16. The van der Waals surface area contributed by atoms with Crippen LogP contribution in [0.25, 0.3) is 0 Å². The zero-order valence-electron chi connectivity index (χ0n) is 11.6. The second kappa shape index (κ2) is 7.61. The Hall–Kier alpha value is -1.11. The minimum absolute atomic E-state index is 0.324. The van der Waals surface area contributed by atoms with E-state index in [-0.39, 0.29) is 0 Å². The van der Waals surface area contributed by atoms with Crippen LogP contribution in [-0.4, -0.2) is 38.5 Å². The van der Waals surface area contributed by atoms with Gasteiger partial charge in [-0.25, -0.2) is 0 Å². The van der Waals surface area contributed by atoms with Crippen molar-refractivity contribution in [1.29, 1.82) is 0 Å². The maximum absolute atomic E-state index is 5.89. The molecule has 1 aromatic heterocycles. The van der Waals surface area contributed by atoms with Crippen LogP contribution < -0.4 is 5.32 Å². The molecule has 7 heteroatoms. The van der Waals surface area contributed by atoms with Gasteiger partial charge in [-0.05, 0) is 36.0 Å². The number of halogens is 1. The Morgan fingerprint density at radius 2 is 2.10 bits per heavy atom. The van der Waals surface area contributed by atoms with Gasteiger partial charge in [-0.15, -0.1) is 22.0 Å². The van der Waals surface area contributed by atoms with Crippen molar-refractivity contribution in [3.05, 3.63) is 35.1 Å². The maximum Gasteiger partial charge on any atom is 0.176 e. The number of hydrogen-bond donors (Lipinski definition) is 1. The van der Waals surface area contributed by atoms with Crippen LogP contribution in [0.2, 0.25) is 5.02 Å². The quantitative estimate of drug-likeness (QED) is 0.794. The van der Waals surface area contributed by atoms with Crippen LogP contribution in [-0.2, 0) is 13.5 Å². The zero-order valence-corrected chi connectivity index (χ0v) is 13.2. The molecule has 0 bridgehead atoms. The van der Waals surface area contributed by atoms with Crippen LogP contribution in [0.5, 0.6) is 0 Å². The van der Waals surface area contributed by atoms with Crippen LogP contribution >= 0.6 is 23.4 Å². The molecule has 2 rings (SSSR count). The van der Waals surface area contributed by atoms with E-state index in [4.69, 9.17) is 11.6 Å². The number of aryl methyl sites for hydroxylation is 1. The molecule has 0 spiro atoms. The first-order valence-corrected chi connectivity index (χ1v) is 7.88. The minimum atomic E-state index is 0.324. The molecule has 108 valence electrons. The third-order valence-electron chi connectivity index (χ3n) is 2.74. The molecule has 0 fully saturated rings. The standard InChI is InChI=1S/C13H18ClN5S/c1-3-15-11(8-13-16-18-19(2)17-13)9-20-12-6-4-10(14)5-7-12/h4-7,11,15H,3,8-9H2,1-2H3. The molecular weight excluding hydrogens is 294 g/mol. The van der Waals surface area contributed by atoms with Crippen LogP contribution in [0, 0.1) is 0 Å². The molecule has 1 unspecified atom stereocenters. The number of likely N-dealkylation sites (N-methyl/N-ethyl adjacent to an activating group) is 1. The molecule has 0 saturated carbocycles. The topological polar surface area (TPSA) is 55.6 Å². The summed E-state index contributed by atoms with van der Waals surface area (Å²) in [4.78, 5) is 2.70. The second-order valence-electron chi connectivity index (χ2n) is 4.42. The molecule has 0 radical (unpaired) electrons. The number of benzene rings is 1. The van der Waals surface area contributed by atoms with Gasteiger partial charge in [0.1, 0.15) is 0 Å². The Morgan fingerprint density at radius 3 is 2.70 bits per heavy atom. The van der Waals surface area contributed by atoms with Crippen LogP contribution in [0.1, 0.15) is 12.7 Å². The number of thioether (sulfide) groups is 1. The normalized spacial score (nSPS) is 12.6. The molecule has 0 amide bonds. The van der Waals surface area contributed by atoms with E-state index in [9.17, 15) is 0 Å². The van der Waals surface area contributed by atoms with Gasteiger partial charge < -0.3 is 5.32 Å². The summed E-state index contributed by atoms with van der Waals surface area (Å²) in [6.45, 7) is 3.02. The van der Waals surface area contributed by atoms with Crippen molar-refractivity contribution in [3.63, 3.8) is 0 Å². The van der Waals surface area contributed by atoms with E-state index in [1.165, 1.54) is 9.69 Å². The Morgan fingerprint density at radius 1 is 1.35 bits per heavy atom. The van der Waals surface area contributed by atoms with Gasteiger partial charge >= 0.3 is 0 Å². The van der Waals surface area contributed by atoms with Crippen LogP contribution in [0.4, 0.5) is 0 Å². The Kier molecular flexibility index (Phi) is 5.82. The molecule has 1 N–H and O–H groups in total. The van der Waals surface area contributed by atoms with Gasteiger partial charge in [0.2, 0.25) is 0 Å². The van der Waals surface area contributed by atoms with Gasteiger partial charge in [-0.1, -0.05) is 18.5 Å². The monoisotopic (exact) mass is 311 g/mol. The van der Waals surface area contributed by atoms with Crippen molar-refractivity contribution in [3.8, 4) is 0 Å². The molecule has 0 aliphatic carbocycles. The van der Waals surface area contributed by atoms with Crippen molar-refractivity contribution < 1.29 is 0 Å². The molecule has 5 nitrogen and oxygen atoms in total. The molecule has 20 heavy (non-hydrogen) atoms. The number of nitrogens with zero attached hydrogens (tertiary/aromatic N) is 4. The van der Waals surface area contributed by atoms with Crippen LogP contribution in [0.15, 0.2) is 29.2 Å². The lowest BCUT2D eigenvalue weighted by Crippen LogP contribution is -2.33. The SMILES string of the molecule is CCNC(CSc1ccc(Cl)cc1)Cc1nnn(C)n1. The van der Waals surface area contributed by atoms with E-state index in [1.54, 1.807) is 18.8 Å². The number of tetrazole rings is 1. The van der Waals surface area contributed by atoms with Gasteiger partial charge in [0.15, 0.2) is 5.82 Å². The highest BCUT2D eigenvalue weighted by Gasteiger charge is 2.12. The van der Waals surface area contributed by atoms with Crippen molar-refractivity contribution in [1.82, 2.24) is 25.5 Å². The predicted molar refractivity (Wildman–Crippen MR) is 82.1 cm³/mol. The summed E-state index contributed by atoms with van der Waals surface area (Å²) in [5.41, 5.74) is 0. The summed E-state index contributed by atoms with van der Waals surface area (Å²) >= 11 is 7.69. The fraction of sp³-hybridized carbons (Fsp3) is 0.462. The summed E-state index contributed by atoms with van der Waals surface area (Å²) in [6, 6.07) is 8.23. The summed E-state index contributed by atoms with van der Waals surface area (Å²) in [5, 5.41) is 16.4. The lowest BCUT2D eigenvalue weighted by atomic mass is 10.2. The van der Waals surface area contributed by atoms with Crippen molar-refractivity contribution in [2.75, 3.05) is 12.3 Å². The molecule has 1 aromatic carbocycles. The number of hydrogen-bond acceptors (Lipinski definition) is 5. The van der Waals surface area contributed by atoms with E-state index in [2.05, 4.69) is 27.7 Å². The lowest BCUT2D eigenvalue weighted by molar-refractivity contribution is 0.556. The van der Waals surface area contributed by atoms with Crippen LogP contribution in [0.3, 0.4) is 0 Å².